The molecular formula is C72H56F8N4O8. The number of carbonyl (C=O) groups excluding carboxylic acids is 4. The minimum atomic E-state index is -1.38. The van der Waals surface area contributed by atoms with Crippen molar-refractivity contribution in [3.05, 3.63) is 225 Å². The highest BCUT2D eigenvalue weighted by molar-refractivity contribution is 6.43. The summed E-state index contributed by atoms with van der Waals surface area (Å²) in [4.78, 5) is 60.9. The number of rotatable bonds is 18. The number of nitrogens with two attached hydrogens (primary N) is 2. The van der Waals surface area contributed by atoms with Crippen molar-refractivity contribution in [1.29, 1.82) is 0 Å². The number of primary amides is 2. The van der Waals surface area contributed by atoms with E-state index in [2.05, 4.69) is 10.6 Å². The van der Waals surface area contributed by atoms with Crippen molar-refractivity contribution in [2.75, 3.05) is 10.6 Å². The lowest BCUT2D eigenvalue weighted by atomic mass is 9.82. The monoisotopic (exact) mass is 1260 g/mol. The predicted octanol–water partition coefficient (Wildman–Crippen LogP) is 19.2. The molecule has 0 spiro atoms. The number of benzene rings is 11. The van der Waals surface area contributed by atoms with Gasteiger partial charge < -0.3 is 41.0 Å². The second kappa shape index (κ2) is 24.6. The van der Waals surface area contributed by atoms with Crippen LogP contribution in [0, 0.1) is 46.5 Å². The van der Waals surface area contributed by atoms with Crippen LogP contribution in [0.5, 0.6) is 46.0 Å². The van der Waals surface area contributed by atoms with Crippen molar-refractivity contribution in [3.8, 4) is 46.0 Å². The predicted molar refractivity (Wildman–Crippen MR) is 336 cm³/mol. The zero-order valence-electron chi connectivity index (χ0n) is 50.5. The number of fused-ring (bicyclic) bond motifs is 2. The van der Waals surface area contributed by atoms with Gasteiger partial charge in [-0.25, -0.2) is 35.1 Å². The first-order chi connectivity index (χ1) is 43.8. The number of nitrogens with one attached hydrogen (secondary N) is 2. The van der Waals surface area contributed by atoms with E-state index in [0.717, 1.165) is 97.1 Å². The summed E-state index contributed by atoms with van der Waals surface area (Å²) in [7, 11) is 0. The van der Waals surface area contributed by atoms with Crippen molar-refractivity contribution in [3.63, 3.8) is 0 Å². The fraction of sp³-hybridized carbons (Fsp3) is 0.167. The van der Waals surface area contributed by atoms with Gasteiger partial charge in [-0.3, -0.25) is 19.2 Å². The van der Waals surface area contributed by atoms with Crippen LogP contribution < -0.4 is 41.0 Å². The molecule has 0 saturated carbocycles. The number of amides is 4. The van der Waals surface area contributed by atoms with Crippen LogP contribution in [-0.4, -0.2) is 23.6 Å². The van der Waals surface area contributed by atoms with E-state index in [9.17, 15) is 9.59 Å². The molecule has 0 aliphatic carbocycles. The molecule has 0 saturated heterocycles. The van der Waals surface area contributed by atoms with Crippen LogP contribution >= 0.6 is 0 Å². The first-order valence-electron chi connectivity index (χ1n) is 29.1. The number of para-hydroxylation sites is 6. The summed E-state index contributed by atoms with van der Waals surface area (Å²) in [5.74, 6) is -24.4. The number of halogens is 8. The molecule has 0 bridgehead atoms. The fourth-order valence-electron chi connectivity index (χ4n) is 11.7. The largest absolute Gasteiger partial charge is 0.450 e. The molecule has 12 nitrogen and oxygen atoms in total. The highest BCUT2D eigenvalue weighted by Gasteiger charge is 2.36. The second-order valence-electron chi connectivity index (χ2n) is 23.2. The third-order valence-electron chi connectivity index (χ3n) is 15.9. The van der Waals surface area contributed by atoms with Gasteiger partial charge in [0, 0.05) is 54.5 Å². The highest BCUT2D eigenvalue weighted by atomic mass is 19.2. The Morgan fingerprint density at radius 1 is 0.315 bits per heavy atom. The van der Waals surface area contributed by atoms with E-state index >= 15 is 44.7 Å². The number of carbonyl (C=O) groups is 4. The lowest BCUT2D eigenvalue weighted by Gasteiger charge is -2.27. The van der Waals surface area contributed by atoms with Crippen molar-refractivity contribution >= 4 is 78.1 Å². The van der Waals surface area contributed by atoms with Gasteiger partial charge in [-0.2, -0.15) is 0 Å². The summed E-state index contributed by atoms with van der Waals surface area (Å²) in [6.45, 7) is 15.0. The molecule has 0 atom stereocenters. The Labute approximate surface area is 521 Å². The Morgan fingerprint density at radius 3 is 0.739 bits per heavy atom. The van der Waals surface area contributed by atoms with Crippen LogP contribution in [0.25, 0.3) is 43.1 Å². The van der Waals surface area contributed by atoms with Gasteiger partial charge in [0.05, 0.1) is 22.3 Å². The van der Waals surface area contributed by atoms with Gasteiger partial charge >= 0.3 is 0 Å². The lowest BCUT2D eigenvalue weighted by molar-refractivity contribution is 0.0996. The molecule has 468 valence electrons. The van der Waals surface area contributed by atoms with Crippen LogP contribution in [-0.2, 0) is 0 Å². The summed E-state index contributed by atoms with van der Waals surface area (Å²) in [6, 6.07) is 25.0. The van der Waals surface area contributed by atoms with Crippen LogP contribution in [0.3, 0.4) is 0 Å². The van der Waals surface area contributed by atoms with Crippen LogP contribution in [0.4, 0.5) is 46.5 Å². The van der Waals surface area contributed by atoms with Crippen molar-refractivity contribution in [1.82, 2.24) is 0 Å². The van der Waals surface area contributed by atoms with Gasteiger partial charge in [0.15, 0.2) is 69.5 Å². The summed E-state index contributed by atoms with van der Waals surface area (Å²) < 4.78 is 157. The van der Waals surface area contributed by atoms with Crippen LogP contribution in [0.1, 0.15) is 143 Å². The quantitative estimate of drug-likeness (QED) is 0.0372. The van der Waals surface area contributed by atoms with Crippen molar-refractivity contribution < 1.29 is 73.2 Å². The summed E-state index contributed by atoms with van der Waals surface area (Å²) in [5, 5.41) is 1.60. The molecular weight excluding hydrogens is 1200 g/mol. The Bertz CT molecular complexity index is 4470. The molecule has 11 rings (SSSR count). The lowest BCUT2D eigenvalue weighted by Crippen LogP contribution is -2.20. The molecule has 20 heteroatoms. The molecule has 0 aromatic heterocycles. The van der Waals surface area contributed by atoms with E-state index in [4.69, 9.17) is 30.4 Å². The third-order valence-corrected chi connectivity index (χ3v) is 15.9. The number of anilines is 2. The smallest absolute Gasteiger partial charge is 0.256 e. The zero-order valence-corrected chi connectivity index (χ0v) is 50.5. The molecule has 4 amide bonds. The normalized spacial score (nSPS) is 11.7. The number of hydrogen-bond donors (Lipinski definition) is 4. The van der Waals surface area contributed by atoms with E-state index in [1.165, 1.54) is 0 Å². The highest BCUT2D eigenvalue weighted by Crippen LogP contribution is 2.58. The van der Waals surface area contributed by atoms with E-state index in [1.54, 1.807) is 36.4 Å². The van der Waals surface area contributed by atoms with Gasteiger partial charge in [0.1, 0.15) is 23.0 Å². The van der Waals surface area contributed by atoms with Gasteiger partial charge in [-0.1, -0.05) is 116 Å². The average molecular weight is 1260 g/mol. The molecule has 11 aromatic carbocycles. The van der Waals surface area contributed by atoms with E-state index in [0.29, 0.717) is 33.6 Å². The first-order valence-corrected chi connectivity index (χ1v) is 29.1. The zero-order chi connectivity index (χ0) is 66.0. The van der Waals surface area contributed by atoms with Gasteiger partial charge in [0.2, 0.25) is 11.8 Å². The second-order valence-corrected chi connectivity index (χ2v) is 23.2. The minimum absolute atomic E-state index is 0.262. The van der Waals surface area contributed by atoms with E-state index < -0.39 is 182 Å². The van der Waals surface area contributed by atoms with Gasteiger partial charge in [0.25, 0.3) is 11.8 Å². The maximum atomic E-state index is 16.6. The SMILES string of the molecule is CC(C)c1cccc(C(C)C)c1NC(=O)c1cc(Oc2c(F)cccc2F)c2c3c(Oc4c(F)cccc4F)cc(C(N)=O)c4c(C(N)=O)cc(Oc5c(F)cccc5F)c(c5c(Oc6c(F)cccc6F)cc(C(=O)Nc6c(C(C)C)cccc6C(C)C)c1c25)c43. The van der Waals surface area contributed by atoms with Crippen molar-refractivity contribution in [2.24, 2.45) is 11.5 Å². The number of ether oxygens (including phenoxy) is 4. The molecule has 0 aliphatic rings. The molecule has 11 aromatic rings. The van der Waals surface area contributed by atoms with Crippen molar-refractivity contribution in [2.45, 2.75) is 79.1 Å². The topological polar surface area (TPSA) is 181 Å². The maximum absolute atomic E-state index is 16.6. The third kappa shape index (κ3) is 11.1. The molecule has 0 unspecified atom stereocenters. The van der Waals surface area contributed by atoms with Gasteiger partial charge in [-0.15, -0.1) is 0 Å². The Kier molecular flexibility index (Phi) is 16.8. The molecule has 92 heavy (non-hydrogen) atoms. The minimum Gasteiger partial charge on any atom is -0.450 e. The summed E-state index contributed by atoms with van der Waals surface area (Å²) in [5.41, 5.74) is 12.9. The Hall–Kier alpha value is -10.8. The molecule has 0 radical (unpaired) electrons. The van der Waals surface area contributed by atoms with Crippen LogP contribution in [0.15, 0.2) is 133 Å². The van der Waals surface area contributed by atoms with E-state index in [1.807, 2.05) is 55.4 Å². The molecule has 0 fully saturated rings. The standard InChI is InChI=1S/C72H56F8N4O8/c1-31(2)35-15-9-16-36(32(3)4)63(35)83-71(87)41-29-53(91-67-47(77)23-13-24-48(67)78)59-57-51(89-65-43(73)19-11-20-44(65)74)27-39(69(81)85)55-40(70(82)86)28-52(90-66-45(75)21-12-22-46(66)76)58(61(55)57)60-54(92-68-49(79)25-14-26-50(68)80)30-42(56(41)62(59)60)72(88)84-64-37(33(5)6)17-10-18-38(64)34(7)8/h9-34H,1-8H3,(H2,81,85)(H2,82,86)(H,83,87)(H,84,88). The molecule has 0 heterocycles. The Balaban J connectivity index is 1.48. The van der Waals surface area contributed by atoms with Crippen LogP contribution in [0.2, 0.25) is 0 Å². The maximum Gasteiger partial charge on any atom is 0.256 e. The molecule has 0 aliphatic heterocycles. The fourth-order valence-corrected chi connectivity index (χ4v) is 11.7. The number of hydrogen-bond acceptors (Lipinski definition) is 8. The summed E-state index contributed by atoms with van der Waals surface area (Å²) >= 11 is 0. The van der Waals surface area contributed by atoms with Gasteiger partial charge in [-0.05, 0) is 119 Å². The summed E-state index contributed by atoms with van der Waals surface area (Å²) in [6.07, 6.45) is 0. The van der Waals surface area contributed by atoms with E-state index in [-0.39, 0.29) is 23.7 Å². The first kappa shape index (κ1) is 62.8. The average Bonchev–Trinajstić information content (AvgIpc) is 0.680. The Morgan fingerprint density at radius 2 is 0.522 bits per heavy atom. The molecule has 6 N–H and O–H groups in total.